The number of hydrogen-bond donors (Lipinski definition) is 1. The Morgan fingerprint density at radius 1 is 1.65 bits per heavy atom. The van der Waals surface area contributed by atoms with Crippen molar-refractivity contribution in [2.24, 2.45) is 0 Å². The zero-order valence-corrected chi connectivity index (χ0v) is 8.79. The number of hydrogen-bond acceptors (Lipinski definition) is 4. The predicted molar refractivity (Wildman–Crippen MR) is 52.5 cm³/mol. The van der Waals surface area contributed by atoms with Crippen LogP contribution in [0.3, 0.4) is 0 Å². The molecule has 0 aromatic carbocycles. The van der Waals surface area contributed by atoms with Gasteiger partial charge in [0.05, 0.1) is 19.1 Å². The summed E-state index contributed by atoms with van der Waals surface area (Å²) in [5.74, 6) is -0.644. The van der Waals surface area contributed by atoms with Gasteiger partial charge >= 0.3 is 5.97 Å². The van der Waals surface area contributed by atoms with E-state index in [1.807, 2.05) is 0 Å². The average Bonchev–Trinajstić information content (AvgIpc) is 2.27. The molecule has 0 radical (unpaired) electrons. The molecule has 0 saturated heterocycles. The first-order valence-corrected chi connectivity index (χ1v) is 4.50. The van der Waals surface area contributed by atoms with Gasteiger partial charge in [-0.1, -0.05) is 0 Å². The first kappa shape index (κ1) is 12.8. The Morgan fingerprint density at radius 2 is 2.29 bits per heavy atom. The smallest absolute Gasteiger partial charge is 0.311 e. The van der Waals surface area contributed by atoms with Gasteiger partial charge in [-0.2, -0.15) is 5.26 Å². The number of nitriles is 1. The molecule has 0 aliphatic rings. The van der Waals surface area contributed by atoms with Gasteiger partial charge in [0.2, 0.25) is 0 Å². The van der Waals surface area contributed by atoms with Crippen LogP contribution in [0.4, 0.5) is 8.78 Å². The molecule has 0 bridgehead atoms. The van der Waals surface area contributed by atoms with Crippen molar-refractivity contribution in [1.82, 2.24) is 4.98 Å². The molecule has 0 atom stereocenters. The van der Waals surface area contributed by atoms with Crippen molar-refractivity contribution in [3.63, 3.8) is 0 Å². The average molecular weight is 242 g/mol. The molecule has 1 aromatic rings. The van der Waals surface area contributed by atoms with Crippen molar-refractivity contribution in [3.05, 3.63) is 33.2 Å². The monoisotopic (exact) mass is 242 g/mol. The van der Waals surface area contributed by atoms with Crippen LogP contribution in [-0.2, 0) is 16.0 Å². The van der Waals surface area contributed by atoms with E-state index in [0.717, 1.165) is 13.2 Å². The van der Waals surface area contributed by atoms with Crippen LogP contribution in [0.15, 0.2) is 10.9 Å². The molecule has 0 aliphatic carbocycles. The molecular weight excluding hydrogens is 234 g/mol. The summed E-state index contributed by atoms with van der Waals surface area (Å²) in [6, 6.07) is 2.32. The van der Waals surface area contributed by atoms with Crippen LogP contribution < -0.4 is 5.43 Å². The molecule has 7 heteroatoms. The number of nitrogens with zero attached hydrogens (tertiary/aromatic N) is 1. The molecule has 0 amide bonds. The number of ether oxygens (including phenoxy) is 1. The molecule has 0 aliphatic heterocycles. The molecule has 0 spiro atoms. The van der Waals surface area contributed by atoms with E-state index >= 15 is 0 Å². The molecule has 1 heterocycles. The summed E-state index contributed by atoms with van der Waals surface area (Å²) in [5.41, 5.74) is -2.34. The number of halogens is 2. The molecule has 90 valence electrons. The molecular formula is C10H8F2N2O3. The first-order chi connectivity index (χ1) is 7.99. The summed E-state index contributed by atoms with van der Waals surface area (Å²) < 4.78 is 29.3. The van der Waals surface area contributed by atoms with E-state index in [1.54, 1.807) is 0 Å². The topological polar surface area (TPSA) is 82.9 Å². The van der Waals surface area contributed by atoms with E-state index in [4.69, 9.17) is 5.26 Å². The lowest BCUT2D eigenvalue weighted by molar-refractivity contribution is -0.139. The molecule has 0 fully saturated rings. The van der Waals surface area contributed by atoms with Crippen molar-refractivity contribution in [3.8, 4) is 6.07 Å². The Hall–Kier alpha value is -2.23. The van der Waals surface area contributed by atoms with Gasteiger partial charge in [-0.15, -0.1) is 0 Å². The van der Waals surface area contributed by atoms with E-state index in [9.17, 15) is 18.4 Å². The maximum atomic E-state index is 12.5. The van der Waals surface area contributed by atoms with Crippen LogP contribution in [0, 0.1) is 11.3 Å². The molecule has 1 N–H and O–H groups in total. The minimum Gasteiger partial charge on any atom is -0.469 e. The van der Waals surface area contributed by atoms with Crippen molar-refractivity contribution >= 4 is 5.97 Å². The van der Waals surface area contributed by atoms with E-state index in [2.05, 4.69) is 9.72 Å². The molecule has 0 saturated carbocycles. The lowest BCUT2D eigenvalue weighted by Crippen LogP contribution is -2.17. The molecule has 0 unspecified atom stereocenters. The van der Waals surface area contributed by atoms with Crippen LogP contribution in [0.2, 0.25) is 0 Å². The Labute approximate surface area is 94.6 Å². The number of alkyl halides is 2. The van der Waals surface area contributed by atoms with Crippen LogP contribution in [0.25, 0.3) is 0 Å². The highest BCUT2D eigenvalue weighted by molar-refractivity contribution is 5.71. The van der Waals surface area contributed by atoms with Crippen molar-refractivity contribution < 1.29 is 18.3 Å². The highest BCUT2D eigenvalue weighted by Crippen LogP contribution is 2.17. The molecule has 17 heavy (non-hydrogen) atoms. The van der Waals surface area contributed by atoms with Crippen LogP contribution in [0.1, 0.15) is 23.4 Å². The fourth-order valence-electron chi connectivity index (χ4n) is 1.25. The Morgan fingerprint density at radius 3 is 2.76 bits per heavy atom. The fourth-order valence-corrected chi connectivity index (χ4v) is 1.25. The van der Waals surface area contributed by atoms with Crippen LogP contribution >= 0.6 is 0 Å². The van der Waals surface area contributed by atoms with Gasteiger partial charge in [-0.25, -0.2) is 8.78 Å². The summed E-state index contributed by atoms with van der Waals surface area (Å²) >= 11 is 0. The number of aromatic amines is 1. The van der Waals surface area contributed by atoms with Crippen molar-refractivity contribution in [2.45, 2.75) is 12.8 Å². The summed E-state index contributed by atoms with van der Waals surface area (Å²) in [5, 5.41) is 8.64. The summed E-state index contributed by atoms with van der Waals surface area (Å²) in [4.78, 5) is 24.6. The van der Waals surface area contributed by atoms with Crippen molar-refractivity contribution in [2.75, 3.05) is 7.11 Å². The summed E-state index contributed by atoms with van der Waals surface area (Å²) in [6.07, 6.45) is -3.33. The number of nitrogens with one attached hydrogen (secondary N) is 1. The molecule has 5 nitrogen and oxygen atoms in total. The van der Waals surface area contributed by atoms with Gasteiger partial charge in [0.25, 0.3) is 6.43 Å². The number of esters is 1. The normalized spacial score (nSPS) is 10.1. The number of carbonyl (C=O) groups is 1. The van der Waals surface area contributed by atoms with Crippen LogP contribution in [-0.4, -0.2) is 18.1 Å². The standard InChI is InChI=1S/C10H8F2N2O3/c1-17-8(16)3-5-2-7(15)9(10(11)12)6(4-13)14-5/h2,10H,3H2,1H3,(H,14,15). The van der Waals surface area contributed by atoms with Gasteiger partial charge in [0.1, 0.15) is 11.8 Å². The lowest BCUT2D eigenvalue weighted by Gasteiger charge is -2.05. The van der Waals surface area contributed by atoms with E-state index in [-0.39, 0.29) is 12.1 Å². The van der Waals surface area contributed by atoms with Crippen LogP contribution in [0.5, 0.6) is 0 Å². The zero-order valence-electron chi connectivity index (χ0n) is 8.79. The van der Waals surface area contributed by atoms with Crippen molar-refractivity contribution in [1.29, 1.82) is 5.26 Å². The van der Waals surface area contributed by atoms with E-state index in [1.165, 1.54) is 6.07 Å². The number of H-pyrrole nitrogens is 1. The second-order valence-corrected chi connectivity index (χ2v) is 3.11. The minimum absolute atomic E-state index is 0.0581. The minimum atomic E-state index is -3.04. The Balaban J connectivity index is 3.24. The lowest BCUT2D eigenvalue weighted by atomic mass is 10.1. The number of pyridine rings is 1. The van der Waals surface area contributed by atoms with Gasteiger partial charge in [-0.3, -0.25) is 9.59 Å². The molecule has 1 rings (SSSR count). The largest absolute Gasteiger partial charge is 0.469 e. The number of carbonyl (C=O) groups excluding carboxylic acids is 1. The quantitative estimate of drug-likeness (QED) is 0.798. The van der Waals surface area contributed by atoms with Gasteiger partial charge < -0.3 is 9.72 Å². The summed E-state index contributed by atoms with van der Waals surface area (Å²) in [6.45, 7) is 0. The Kier molecular flexibility index (Phi) is 3.93. The van der Waals surface area contributed by atoms with Gasteiger partial charge in [-0.05, 0) is 0 Å². The highest BCUT2D eigenvalue weighted by atomic mass is 19.3. The van der Waals surface area contributed by atoms with Gasteiger partial charge in [0, 0.05) is 11.8 Å². The third-order valence-corrected chi connectivity index (χ3v) is 2.02. The summed E-state index contributed by atoms with van der Waals surface area (Å²) in [7, 11) is 1.15. The Bertz CT molecular complexity index is 531. The first-order valence-electron chi connectivity index (χ1n) is 4.50. The predicted octanol–water partition coefficient (Wildman–Crippen LogP) is 0.900. The molecule has 1 aromatic heterocycles. The maximum absolute atomic E-state index is 12.5. The second kappa shape index (κ2) is 5.21. The SMILES string of the molecule is COC(=O)Cc1cc(=O)c(C(F)F)c(C#N)[nH]1. The number of methoxy groups -OCH3 is 1. The highest BCUT2D eigenvalue weighted by Gasteiger charge is 2.19. The second-order valence-electron chi connectivity index (χ2n) is 3.11. The third-order valence-electron chi connectivity index (χ3n) is 2.02. The van der Waals surface area contributed by atoms with E-state index < -0.39 is 29.1 Å². The number of rotatable bonds is 3. The maximum Gasteiger partial charge on any atom is 0.311 e. The number of aromatic nitrogens is 1. The zero-order chi connectivity index (χ0) is 13.0. The fraction of sp³-hybridized carbons (Fsp3) is 0.300. The van der Waals surface area contributed by atoms with E-state index in [0.29, 0.717) is 0 Å². The van der Waals surface area contributed by atoms with Gasteiger partial charge in [0.15, 0.2) is 5.43 Å². The third kappa shape index (κ3) is 2.87.